The molecule has 1 aromatic heterocycles. The van der Waals surface area contributed by atoms with Crippen molar-refractivity contribution in [3.05, 3.63) is 34.7 Å². The van der Waals surface area contributed by atoms with Crippen LogP contribution in [0.1, 0.15) is 17.2 Å². The maximum atomic E-state index is 12.6. The Morgan fingerprint density at radius 1 is 0.967 bits per heavy atom. The summed E-state index contributed by atoms with van der Waals surface area (Å²) in [4.78, 5) is 21.4. The fraction of sp³-hybridized carbons (Fsp3) is 0.350. The molecule has 10 nitrogen and oxygen atoms in total. The predicted molar refractivity (Wildman–Crippen MR) is 105 cm³/mol. The zero-order valence-corrected chi connectivity index (χ0v) is 17.2. The molecule has 1 aromatic carbocycles. The summed E-state index contributed by atoms with van der Waals surface area (Å²) in [5.41, 5.74) is 2.80. The van der Waals surface area contributed by atoms with Crippen molar-refractivity contribution >= 4 is 11.7 Å². The number of anilines is 1. The van der Waals surface area contributed by atoms with E-state index in [9.17, 15) is 4.79 Å². The lowest BCUT2D eigenvalue weighted by molar-refractivity contribution is -0.136. The molecular weight excluding hydrogens is 394 g/mol. The zero-order chi connectivity index (χ0) is 21.4. The minimum absolute atomic E-state index is 0.111. The van der Waals surface area contributed by atoms with Crippen LogP contribution in [0.4, 0.5) is 5.69 Å². The summed E-state index contributed by atoms with van der Waals surface area (Å²) in [6.07, 6.45) is 0. The summed E-state index contributed by atoms with van der Waals surface area (Å²) in [6, 6.07) is 3.66. The molecule has 2 aromatic rings. The van der Waals surface area contributed by atoms with Crippen molar-refractivity contribution in [1.82, 2.24) is 9.97 Å². The van der Waals surface area contributed by atoms with Crippen LogP contribution in [0.2, 0.25) is 0 Å². The second-order valence-corrected chi connectivity index (χ2v) is 6.46. The van der Waals surface area contributed by atoms with Gasteiger partial charge in [0.05, 0.1) is 58.4 Å². The number of nitrogens with zero attached hydrogens (tertiary/aromatic N) is 2. The number of nitrogens with one attached hydrogen (secondary N) is 1. The number of rotatable bonds is 6. The summed E-state index contributed by atoms with van der Waals surface area (Å²) in [6.45, 7) is 0.115. The summed E-state index contributed by atoms with van der Waals surface area (Å²) in [5.74, 6) is 0.616. The number of carbonyl (C=O) groups excluding carboxylic acids is 1. The van der Waals surface area contributed by atoms with E-state index in [2.05, 4.69) is 15.3 Å². The number of ether oxygens (including phenoxy) is 6. The highest BCUT2D eigenvalue weighted by Gasteiger charge is 2.42. The van der Waals surface area contributed by atoms with E-state index in [1.807, 2.05) is 0 Å². The van der Waals surface area contributed by atoms with Crippen LogP contribution in [0.5, 0.6) is 29.1 Å². The largest absolute Gasteiger partial charge is 0.493 e. The Labute approximate surface area is 172 Å². The molecule has 4 rings (SSSR count). The third-order valence-electron chi connectivity index (χ3n) is 5.01. The minimum atomic E-state index is -0.592. The van der Waals surface area contributed by atoms with E-state index in [-0.39, 0.29) is 12.6 Å². The van der Waals surface area contributed by atoms with Gasteiger partial charge in [0.1, 0.15) is 12.3 Å². The summed E-state index contributed by atoms with van der Waals surface area (Å²) < 4.78 is 32.4. The summed E-state index contributed by atoms with van der Waals surface area (Å²) in [7, 11) is 7.54. The van der Waals surface area contributed by atoms with Gasteiger partial charge in [0.25, 0.3) is 0 Å². The van der Waals surface area contributed by atoms with Gasteiger partial charge in [0.15, 0.2) is 11.5 Å². The van der Waals surface area contributed by atoms with E-state index in [0.717, 1.165) is 0 Å². The average Bonchev–Trinajstić information content (AvgIpc) is 3.15. The summed E-state index contributed by atoms with van der Waals surface area (Å²) >= 11 is 0. The van der Waals surface area contributed by atoms with Gasteiger partial charge in [-0.1, -0.05) is 0 Å². The van der Waals surface area contributed by atoms with Gasteiger partial charge in [0.2, 0.25) is 11.6 Å². The molecule has 0 amide bonds. The highest BCUT2D eigenvalue weighted by atomic mass is 16.5. The monoisotopic (exact) mass is 415 g/mol. The highest BCUT2D eigenvalue weighted by molar-refractivity contribution is 5.97. The molecular formula is C20H21N3O7. The Morgan fingerprint density at radius 3 is 2.23 bits per heavy atom. The van der Waals surface area contributed by atoms with Gasteiger partial charge in [-0.3, -0.25) is 0 Å². The number of esters is 1. The Balaban J connectivity index is 2.00. The smallest absolute Gasteiger partial charge is 0.337 e. The molecule has 0 aliphatic carbocycles. The lowest BCUT2D eigenvalue weighted by atomic mass is 9.84. The van der Waals surface area contributed by atoms with Crippen molar-refractivity contribution in [2.24, 2.45) is 0 Å². The van der Waals surface area contributed by atoms with E-state index in [0.29, 0.717) is 51.3 Å². The molecule has 1 N–H and O–H groups in total. The first-order chi connectivity index (χ1) is 14.6. The quantitative estimate of drug-likeness (QED) is 0.702. The molecule has 0 spiro atoms. The molecule has 0 saturated carbocycles. The zero-order valence-electron chi connectivity index (χ0n) is 17.2. The van der Waals surface area contributed by atoms with Crippen LogP contribution in [0.15, 0.2) is 23.4 Å². The van der Waals surface area contributed by atoms with E-state index in [1.165, 1.54) is 35.5 Å². The molecule has 3 heterocycles. The Bertz CT molecular complexity index is 1030. The van der Waals surface area contributed by atoms with Crippen LogP contribution in [0.25, 0.3) is 0 Å². The lowest BCUT2D eigenvalue weighted by Gasteiger charge is -2.27. The molecule has 0 saturated heterocycles. The molecule has 0 fully saturated rings. The molecule has 2 aliphatic rings. The van der Waals surface area contributed by atoms with Crippen molar-refractivity contribution in [1.29, 1.82) is 0 Å². The molecule has 158 valence electrons. The van der Waals surface area contributed by atoms with Gasteiger partial charge in [-0.05, 0) is 17.7 Å². The highest BCUT2D eigenvalue weighted by Crippen LogP contribution is 2.49. The SMILES string of the molecule is COc1nc(OC)c2c(n1)C(c1cc(OC)c(OC)c(OC)c1)C1=C(COC1=O)N2. The number of fused-ring (bicyclic) bond motifs is 1. The molecule has 10 heteroatoms. The molecule has 0 bridgehead atoms. The van der Waals surface area contributed by atoms with E-state index >= 15 is 0 Å². The molecule has 0 radical (unpaired) electrons. The Kier molecular flexibility index (Phi) is 4.98. The molecule has 1 unspecified atom stereocenters. The van der Waals surface area contributed by atoms with Gasteiger partial charge in [-0.15, -0.1) is 0 Å². The number of hydrogen-bond acceptors (Lipinski definition) is 10. The van der Waals surface area contributed by atoms with Crippen molar-refractivity contribution in [2.45, 2.75) is 5.92 Å². The second kappa shape index (κ2) is 7.62. The second-order valence-electron chi connectivity index (χ2n) is 6.46. The van der Waals surface area contributed by atoms with E-state index < -0.39 is 11.9 Å². The number of benzene rings is 1. The molecule has 30 heavy (non-hydrogen) atoms. The normalized spacial score (nSPS) is 16.8. The summed E-state index contributed by atoms with van der Waals surface area (Å²) in [5, 5.41) is 3.18. The van der Waals surface area contributed by atoms with Gasteiger partial charge in [-0.2, -0.15) is 9.97 Å². The standard InChI is InChI=1S/C20H21N3O7/c1-25-11-6-9(7-12(26-2)17(11)27-3)13-14-10(8-30-19(14)24)21-16-15(13)22-20(29-5)23-18(16)28-4/h6-7,13,21H,8H2,1-5H3. The Hall–Kier alpha value is -3.69. The van der Waals surface area contributed by atoms with Gasteiger partial charge in [-0.25, -0.2) is 4.79 Å². The van der Waals surface area contributed by atoms with Crippen LogP contribution in [-0.2, 0) is 9.53 Å². The predicted octanol–water partition coefficient (Wildman–Crippen LogP) is 1.89. The minimum Gasteiger partial charge on any atom is -0.493 e. The third-order valence-corrected chi connectivity index (χ3v) is 5.01. The van der Waals surface area contributed by atoms with Gasteiger partial charge >= 0.3 is 12.0 Å². The number of carbonyl (C=O) groups is 1. The van der Waals surface area contributed by atoms with Crippen LogP contribution in [0.3, 0.4) is 0 Å². The maximum absolute atomic E-state index is 12.6. The third kappa shape index (κ3) is 2.92. The molecule has 1 atom stereocenters. The fourth-order valence-corrected chi connectivity index (χ4v) is 3.69. The molecule has 2 aliphatic heterocycles. The lowest BCUT2D eigenvalue weighted by Crippen LogP contribution is -2.22. The van der Waals surface area contributed by atoms with Gasteiger partial charge < -0.3 is 33.7 Å². The number of aromatic nitrogens is 2. The maximum Gasteiger partial charge on any atom is 0.337 e. The first-order valence-corrected chi connectivity index (χ1v) is 9.03. The number of hydrogen-bond donors (Lipinski definition) is 1. The van der Waals surface area contributed by atoms with Gasteiger partial charge in [0, 0.05) is 0 Å². The van der Waals surface area contributed by atoms with Crippen molar-refractivity contribution in [2.75, 3.05) is 47.5 Å². The van der Waals surface area contributed by atoms with E-state index in [1.54, 1.807) is 12.1 Å². The van der Waals surface area contributed by atoms with Crippen molar-refractivity contribution in [3.63, 3.8) is 0 Å². The Morgan fingerprint density at radius 2 is 1.67 bits per heavy atom. The van der Waals surface area contributed by atoms with Crippen molar-refractivity contribution in [3.8, 4) is 29.1 Å². The van der Waals surface area contributed by atoms with E-state index in [4.69, 9.17) is 28.4 Å². The first kappa shape index (κ1) is 19.6. The number of methoxy groups -OCH3 is 5. The average molecular weight is 415 g/mol. The number of cyclic esters (lactones) is 1. The first-order valence-electron chi connectivity index (χ1n) is 9.03. The topological polar surface area (TPSA) is 110 Å². The van der Waals surface area contributed by atoms with Crippen LogP contribution < -0.4 is 29.0 Å². The van der Waals surface area contributed by atoms with Crippen LogP contribution in [0, 0.1) is 0 Å². The van der Waals surface area contributed by atoms with Crippen LogP contribution in [-0.4, -0.2) is 58.1 Å². The fourth-order valence-electron chi connectivity index (χ4n) is 3.69. The van der Waals surface area contributed by atoms with Crippen molar-refractivity contribution < 1.29 is 33.2 Å². The van der Waals surface area contributed by atoms with Crippen LogP contribution >= 0.6 is 0 Å².